The van der Waals surface area contributed by atoms with E-state index in [0.29, 0.717) is 30.4 Å². The molecule has 0 saturated heterocycles. The van der Waals surface area contributed by atoms with Crippen LogP contribution in [-0.2, 0) is 0 Å². The summed E-state index contributed by atoms with van der Waals surface area (Å²) in [6.45, 7) is 0.652. The van der Waals surface area contributed by atoms with Gasteiger partial charge in [0.15, 0.2) is 5.69 Å². The number of aromatic nitrogens is 1. The first-order valence-electron chi connectivity index (χ1n) is 10.4. The summed E-state index contributed by atoms with van der Waals surface area (Å²) < 4.78 is 18.9. The number of rotatable bonds is 11. The van der Waals surface area contributed by atoms with Crippen LogP contribution in [0.2, 0.25) is 0 Å². The van der Waals surface area contributed by atoms with Crippen molar-refractivity contribution in [2.75, 3.05) is 30.5 Å². The molecule has 2 atom stereocenters. The Morgan fingerprint density at radius 1 is 1.28 bits per heavy atom. The van der Waals surface area contributed by atoms with Gasteiger partial charge in [-0.15, -0.1) is 0 Å². The lowest BCUT2D eigenvalue weighted by Crippen LogP contribution is -2.40. The van der Waals surface area contributed by atoms with Crippen molar-refractivity contribution in [2.45, 2.75) is 25.3 Å². The summed E-state index contributed by atoms with van der Waals surface area (Å²) in [5, 5.41) is 25.9. The minimum atomic E-state index is -0.358. The molecule has 1 fully saturated rings. The van der Waals surface area contributed by atoms with Crippen LogP contribution in [-0.4, -0.2) is 54.2 Å². The molecule has 2 aromatic rings. The zero-order valence-corrected chi connectivity index (χ0v) is 17.6. The Hall–Kier alpha value is -3.53. The van der Waals surface area contributed by atoms with Crippen molar-refractivity contribution in [3.05, 3.63) is 47.9 Å². The fraction of sp³-hybridized carbons (Fsp3) is 0.364. The summed E-state index contributed by atoms with van der Waals surface area (Å²) in [4.78, 5) is 17.4. The summed E-state index contributed by atoms with van der Waals surface area (Å²) in [6, 6.07) is 9.11. The SMILES string of the molecule is N=C/C=N\Nc1ccc(NCCO)nc1C(=O)N[C@H]1CCC[C@@H]1COc1ccc(F)cc1. The van der Waals surface area contributed by atoms with Crippen molar-refractivity contribution in [2.24, 2.45) is 11.0 Å². The van der Waals surface area contributed by atoms with Gasteiger partial charge in [-0.25, -0.2) is 9.37 Å². The van der Waals surface area contributed by atoms with Crippen molar-refractivity contribution in [1.29, 1.82) is 5.41 Å². The molecule has 10 heteroatoms. The molecular weight excluding hydrogens is 415 g/mol. The van der Waals surface area contributed by atoms with E-state index in [1.54, 1.807) is 24.3 Å². The van der Waals surface area contributed by atoms with E-state index in [0.717, 1.165) is 25.5 Å². The van der Waals surface area contributed by atoms with Gasteiger partial charge < -0.3 is 25.9 Å². The normalized spacial score (nSPS) is 17.8. The number of aliphatic hydroxyl groups is 1. The third kappa shape index (κ3) is 6.48. The first kappa shape index (κ1) is 23.1. The Labute approximate surface area is 185 Å². The number of amides is 1. The minimum Gasteiger partial charge on any atom is -0.493 e. The maximum absolute atomic E-state index is 13.1. The highest BCUT2D eigenvalue weighted by Crippen LogP contribution is 2.27. The number of pyridine rings is 1. The molecule has 0 radical (unpaired) electrons. The molecule has 1 saturated carbocycles. The van der Waals surface area contributed by atoms with Crippen LogP contribution in [0.15, 0.2) is 41.5 Å². The van der Waals surface area contributed by atoms with Crippen LogP contribution in [0.4, 0.5) is 15.9 Å². The minimum absolute atomic E-state index is 0.0648. The molecule has 0 spiro atoms. The van der Waals surface area contributed by atoms with Crippen LogP contribution in [0.3, 0.4) is 0 Å². The molecule has 0 bridgehead atoms. The number of anilines is 2. The van der Waals surface area contributed by atoms with Crippen molar-refractivity contribution in [3.8, 4) is 5.75 Å². The predicted octanol–water partition coefficient (Wildman–Crippen LogP) is 2.65. The number of carbonyl (C=O) groups excluding carboxylic acids is 1. The zero-order chi connectivity index (χ0) is 22.8. The van der Waals surface area contributed by atoms with Gasteiger partial charge in [0.25, 0.3) is 5.91 Å². The number of nitrogens with zero attached hydrogens (tertiary/aromatic N) is 2. The number of hydrogen-bond acceptors (Lipinski definition) is 8. The number of ether oxygens (including phenoxy) is 1. The van der Waals surface area contributed by atoms with Crippen LogP contribution < -0.4 is 20.8 Å². The van der Waals surface area contributed by atoms with Crippen LogP contribution in [0.25, 0.3) is 0 Å². The van der Waals surface area contributed by atoms with Gasteiger partial charge in [-0.3, -0.25) is 10.2 Å². The lowest BCUT2D eigenvalue weighted by atomic mass is 10.0. The largest absolute Gasteiger partial charge is 0.493 e. The fourth-order valence-corrected chi connectivity index (χ4v) is 3.55. The molecule has 1 aromatic carbocycles. The Kier molecular flexibility index (Phi) is 8.50. The maximum Gasteiger partial charge on any atom is 0.272 e. The van der Waals surface area contributed by atoms with Gasteiger partial charge in [-0.2, -0.15) is 5.10 Å². The van der Waals surface area contributed by atoms with Gasteiger partial charge in [0.1, 0.15) is 17.4 Å². The highest BCUT2D eigenvalue weighted by molar-refractivity contribution is 6.14. The molecule has 1 aliphatic rings. The first-order chi connectivity index (χ1) is 15.6. The molecule has 1 heterocycles. The van der Waals surface area contributed by atoms with Gasteiger partial charge in [0.2, 0.25) is 0 Å². The van der Waals surface area contributed by atoms with Crippen LogP contribution in [0.1, 0.15) is 29.8 Å². The smallest absolute Gasteiger partial charge is 0.272 e. The van der Waals surface area contributed by atoms with Crippen molar-refractivity contribution in [3.63, 3.8) is 0 Å². The van der Waals surface area contributed by atoms with Gasteiger partial charge in [0, 0.05) is 24.7 Å². The van der Waals surface area contributed by atoms with E-state index in [-0.39, 0.29) is 36.0 Å². The molecule has 1 aromatic heterocycles. The number of nitrogens with one attached hydrogen (secondary N) is 4. The van der Waals surface area contributed by atoms with Gasteiger partial charge >= 0.3 is 0 Å². The Morgan fingerprint density at radius 3 is 2.84 bits per heavy atom. The highest BCUT2D eigenvalue weighted by atomic mass is 19.1. The van der Waals surface area contributed by atoms with Gasteiger partial charge in [-0.05, 0) is 49.2 Å². The Balaban J connectivity index is 1.68. The molecule has 1 aliphatic carbocycles. The molecule has 1 amide bonds. The van der Waals surface area contributed by atoms with E-state index in [4.69, 9.17) is 15.3 Å². The lowest BCUT2D eigenvalue weighted by Gasteiger charge is -2.22. The zero-order valence-electron chi connectivity index (χ0n) is 17.6. The molecular formula is C22H27FN6O3. The van der Waals surface area contributed by atoms with E-state index in [1.807, 2.05) is 0 Å². The van der Waals surface area contributed by atoms with Crippen molar-refractivity contribution < 1.29 is 19.0 Å². The number of aliphatic hydroxyl groups excluding tert-OH is 1. The second-order valence-electron chi connectivity index (χ2n) is 7.34. The second-order valence-corrected chi connectivity index (χ2v) is 7.34. The van der Waals surface area contributed by atoms with Crippen LogP contribution in [0, 0.1) is 17.1 Å². The molecule has 0 aliphatic heterocycles. The molecule has 9 nitrogen and oxygen atoms in total. The number of carbonyl (C=O) groups is 1. The number of hydrazone groups is 1. The van der Waals surface area contributed by atoms with Gasteiger partial charge in [-0.1, -0.05) is 6.42 Å². The summed E-state index contributed by atoms with van der Waals surface area (Å²) >= 11 is 0. The third-order valence-corrected chi connectivity index (χ3v) is 5.12. The van der Waals surface area contributed by atoms with E-state index in [1.165, 1.54) is 18.3 Å². The quantitative estimate of drug-likeness (QED) is 0.269. The average Bonchev–Trinajstić information content (AvgIpc) is 3.24. The molecule has 32 heavy (non-hydrogen) atoms. The predicted molar refractivity (Wildman–Crippen MR) is 121 cm³/mol. The van der Waals surface area contributed by atoms with Gasteiger partial charge in [0.05, 0.1) is 25.1 Å². The average molecular weight is 442 g/mol. The van der Waals surface area contributed by atoms with E-state index >= 15 is 0 Å². The molecule has 170 valence electrons. The topological polar surface area (TPSA) is 132 Å². The van der Waals surface area contributed by atoms with Crippen molar-refractivity contribution in [1.82, 2.24) is 10.3 Å². The lowest BCUT2D eigenvalue weighted by molar-refractivity contribution is 0.0915. The number of halogens is 1. The standard InChI is InChI=1S/C22H27FN6O3/c23-16-4-6-17(7-5-16)32-14-15-2-1-3-18(15)27-22(31)21-19(29-26-11-10-24)8-9-20(28-21)25-12-13-30/h4-11,15,18,24,29-30H,1-3,12-14H2,(H,25,28)(H,27,31)/b24-10?,26-11-/t15-,18+/m1/s1. The van der Waals surface area contributed by atoms with E-state index in [2.05, 4.69) is 26.1 Å². The monoisotopic (exact) mass is 442 g/mol. The van der Waals surface area contributed by atoms with Crippen LogP contribution in [0.5, 0.6) is 5.75 Å². The molecule has 3 rings (SSSR count). The second kappa shape index (κ2) is 11.8. The molecule has 5 N–H and O–H groups in total. The summed E-state index contributed by atoms with van der Waals surface area (Å²) in [7, 11) is 0. The van der Waals surface area contributed by atoms with Crippen molar-refractivity contribution >= 4 is 29.8 Å². The Bertz CT molecular complexity index is 938. The third-order valence-electron chi connectivity index (χ3n) is 5.12. The number of hydrogen-bond donors (Lipinski definition) is 5. The summed E-state index contributed by atoms with van der Waals surface area (Å²) in [5.41, 5.74) is 3.28. The highest BCUT2D eigenvalue weighted by Gasteiger charge is 2.30. The first-order valence-corrected chi connectivity index (χ1v) is 10.4. The maximum atomic E-state index is 13.1. The summed E-state index contributed by atoms with van der Waals surface area (Å²) in [5.74, 6) is 0.480. The fourth-order valence-electron chi connectivity index (χ4n) is 3.55. The van der Waals surface area contributed by atoms with E-state index in [9.17, 15) is 9.18 Å². The van der Waals surface area contributed by atoms with Crippen LogP contribution >= 0.6 is 0 Å². The van der Waals surface area contributed by atoms with E-state index < -0.39 is 0 Å². The number of benzene rings is 1. The Morgan fingerprint density at radius 2 is 2.09 bits per heavy atom. The summed E-state index contributed by atoms with van der Waals surface area (Å²) in [6.07, 6.45) is 4.95. The molecule has 0 unspecified atom stereocenters.